The van der Waals surface area contributed by atoms with Gasteiger partial charge < -0.3 is 28.8 Å². The van der Waals surface area contributed by atoms with E-state index in [1.54, 1.807) is 0 Å². The Morgan fingerprint density at radius 1 is 1.06 bits per heavy atom. The molecule has 3 aromatic rings. The number of nitrogens with zero attached hydrogens (tertiary/aromatic N) is 3. The first-order valence-corrected chi connectivity index (χ1v) is 21.1. The van der Waals surface area contributed by atoms with Gasteiger partial charge in [0.2, 0.25) is 0 Å². The van der Waals surface area contributed by atoms with Gasteiger partial charge in [-0.25, -0.2) is 14.2 Å². The highest BCUT2D eigenvalue weighted by Gasteiger charge is 2.49. The van der Waals surface area contributed by atoms with Crippen molar-refractivity contribution in [1.82, 2.24) is 14.5 Å². The molecule has 6 atom stereocenters. The number of ether oxygens (including phenoxy) is 5. The van der Waals surface area contributed by atoms with Gasteiger partial charge in [-0.3, -0.25) is 9.47 Å². The van der Waals surface area contributed by atoms with Crippen molar-refractivity contribution in [3.63, 3.8) is 0 Å². The maximum Gasteiger partial charge on any atom is 0.411 e. The number of pyridine rings is 1. The number of hydrogen-bond donors (Lipinski definition) is 1. The van der Waals surface area contributed by atoms with Crippen LogP contribution >= 0.6 is 0 Å². The van der Waals surface area contributed by atoms with E-state index in [9.17, 15) is 9.90 Å². The van der Waals surface area contributed by atoms with Gasteiger partial charge in [0, 0.05) is 38.4 Å². The topological polar surface area (TPSA) is 105 Å². The minimum Gasteiger partial charge on any atom is -0.470 e. The Bertz CT molecular complexity index is 1730. The molecule has 0 radical (unpaired) electrons. The molecular formula is C37H48FN3O7Si. The molecule has 7 rings (SSSR count). The van der Waals surface area contributed by atoms with Crippen LogP contribution in [0.15, 0.2) is 42.5 Å². The fourth-order valence-electron chi connectivity index (χ4n) is 7.28. The van der Waals surface area contributed by atoms with Crippen molar-refractivity contribution in [3.8, 4) is 17.1 Å². The lowest BCUT2D eigenvalue weighted by Gasteiger charge is -2.35. The number of aromatic nitrogens is 2. The van der Waals surface area contributed by atoms with E-state index >= 15 is 4.39 Å². The first kappa shape index (κ1) is 34.2. The molecule has 3 saturated heterocycles. The number of carbonyl (C=O) groups is 1. The lowest BCUT2D eigenvalue weighted by molar-refractivity contribution is 0.00478. The highest BCUT2D eigenvalue weighted by molar-refractivity contribution is 6.76. The third kappa shape index (κ3) is 7.16. The third-order valence-electron chi connectivity index (χ3n) is 9.80. The predicted molar refractivity (Wildman–Crippen MR) is 187 cm³/mol. The van der Waals surface area contributed by atoms with Crippen molar-refractivity contribution >= 4 is 30.8 Å². The predicted octanol–water partition coefficient (Wildman–Crippen LogP) is 6.62. The molecule has 264 valence electrons. The molecule has 0 saturated carbocycles. The Morgan fingerprint density at radius 3 is 2.51 bits per heavy atom. The fraction of sp³-hybridized carbons (Fsp3) is 0.568. The molecule has 0 aliphatic carbocycles. The van der Waals surface area contributed by atoms with Crippen LogP contribution in [0.2, 0.25) is 25.7 Å². The molecule has 49 heavy (non-hydrogen) atoms. The molecule has 0 spiro atoms. The summed E-state index contributed by atoms with van der Waals surface area (Å²) < 4.78 is 47.5. The summed E-state index contributed by atoms with van der Waals surface area (Å²) in [5, 5.41) is 10.2. The highest BCUT2D eigenvalue weighted by atomic mass is 28.3. The van der Waals surface area contributed by atoms with Gasteiger partial charge in [-0.15, -0.1) is 0 Å². The normalized spacial score (nSPS) is 26.7. The second kappa shape index (κ2) is 13.1. The van der Waals surface area contributed by atoms with Gasteiger partial charge in [-0.1, -0.05) is 50.0 Å². The molecule has 1 aromatic carbocycles. The zero-order valence-electron chi connectivity index (χ0n) is 29.3. The highest BCUT2D eigenvalue weighted by Crippen LogP contribution is 2.40. The molecule has 10 nitrogen and oxygen atoms in total. The Hall–Kier alpha value is -3.29. The Balaban J connectivity index is 1.13. The average molecular weight is 694 g/mol. The minimum atomic E-state index is -1.31. The standard InChI is InChI=1S/C37H48FN3O7Si/c1-37(2,3)48-36(43)41-25-11-12-26(41)16-24(15-25)22-7-9-23(10-8-22)33-27(38)17-29-28(39-33)18-32(40(29)21-44-13-14-49(4,5)6)47-31-20-46-34-30(42)19-45-35(31)34/h7-10,15,17-18,25-26,30-31,34-35,42H,11-14,16,19-21H2,1-6H3/t25?,26?,30-,31-,34-,35-/m1/s1. The number of halogens is 1. The molecule has 3 fully saturated rings. The number of rotatable bonds is 9. The number of aliphatic hydroxyl groups is 1. The quantitative estimate of drug-likeness (QED) is 0.197. The lowest BCUT2D eigenvalue weighted by Crippen LogP contribution is -2.45. The maximum atomic E-state index is 15.9. The van der Waals surface area contributed by atoms with Crippen molar-refractivity contribution in [2.75, 3.05) is 19.8 Å². The van der Waals surface area contributed by atoms with E-state index in [0.29, 0.717) is 29.1 Å². The largest absolute Gasteiger partial charge is 0.470 e. The van der Waals surface area contributed by atoms with Gasteiger partial charge in [0.1, 0.15) is 36.3 Å². The van der Waals surface area contributed by atoms with Crippen LogP contribution in [-0.4, -0.2) is 95.6 Å². The van der Waals surface area contributed by atoms with E-state index in [1.807, 2.05) is 60.6 Å². The summed E-state index contributed by atoms with van der Waals surface area (Å²) in [6.07, 6.45) is 2.61. The van der Waals surface area contributed by atoms with Crippen molar-refractivity contribution in [1.29, 1.82) is 0 Å². The summed E-state index contributed by atoms with van der Waals surface area (Å²) >= 11 is 0. The first-order chi connectivity index (χ1) is 23.2. The number of aliphatic hydroxyl groups excluding tert-OH is 1. The van der Waals surface area contributed by atoms with Crippen LogP contribution in [0.4, 0.5) is 9.18 Å². The van der Waals surface area contributed by atoms with E-state index in [0.717, 1.165) is 30.9 Å². The van der Waals surface area contributed by atoms with Crippen molar-refractivity contribution in [2.45, 2.75) is 115 Å². The van der Waals surface area contributed by atoms with Crippen molar-refractivity contribution < 1.29 is 38.0 Å². The number of hydrogen-bond acceptors (Lipinski definition) is 8. The summed E-state index contributed by atoms with van der Waals surface area (Å²) in [6.45, 7) is 13.8. The second-order valence-corrected chi connectivity index (χ2v) is 21.6. The second-order valence-electron chi connectivity index (χ2n) is 16.0. The summed E-state index contributed by atoms with van der Waals surface area (Å²) in [5.41, 5.74) is 3.78. The number of amides is 1. The molecule has 4 aliphatic heterocycles. The minimum absolute atomic E-state index is 0.0109. The third-order valence-corrected chi connectivity index (χ3v) is 11.5. The lowest BCUT2D eigenvalue weighted by atomic mass is 9.94. The van der Waals surface area contributed by atoms with Gasteiger partial charge in [0.15, 0.2) is 17.8 Å². The SMILES string of the molecule is CC(C)(C)OC(=O)N1C2C=C(c3ccc(-c4nc5cc(O[C@@H]6CO[C@H]7[C@@H]6OC[C@H]7O)n(COCC[Si](C)(C)C)c5cc4F)cc3)CC1CC2. The Kier molecular flexibility index (Phi) is 9.14. The molecule has 2 aromatic heterocycles. The van der Waals surface area contributed by atoms with Gasteiger partial charge in [0.05, 0.1) is 30.3 Å². The molecule has 1 amide bonds. The van der Waals surface area contributed by atoms with Gasteiger partial charge >= 0.3 is 6.09 Å². The summed E-state index contributed by atoms with van der Waals surface area (Å²) in [6, 6.07) is 12.3. The average Bonchev–Trinajstić information content (AvgIpc) is 3.76. The number of fused-ring (bicyclic) bond motifs is 4. The van der Waals surface area contributed by atoms with E-state index < -0.39 is 37.8 Å². The number of benzene rings is 1. The van der Waals surface area contributed by atoms with E-state index in [2.05, 4.69) is 25.7 Å². The van der Waals surface area contributed by atoms with Crippen LogP contribution in [0.3, 0.4) is 0 Å². The van der Waals surface area contributed by atoms with Gasteiger partial charge in [-0.2, -0.15) is 0 Å². The number of carbonyl (C=O) groups excluding carboxylic acids is 1. The maximum absolute atomic E-state index is 15.9. The first-order valence-electron chi connectivity index (χ1n) is 17.4. The van der Waals surface area contributed by atoms with E-state index in [1.165, 1.54) is 11.6 Å². The Labute approximate surface area is 288 Å². The van der Waals surface area contributed by atoms with Crippen LogP contribution in [0.1, 0.15) is 45.6 Å². The van der Waals surface area contributed by atoms with Crippen molar-refractivity contribution in [3.05, 3.63) is 53.9 Å². The zero-order valence-corrected chi connectivity index (χ0v) is 30.3. The Morgan fingerprint density at radius 2 is 1.80 bits per heavy atom. The van der Waals surface area contributed by atoms with Crippen LogP contribution in [0.25, 0.3) is 27.9 Å². The molecule has 12 heteroatoms. The van der Waals surface area contributed by atoms with Crippen LogP contribution < -0.4 is 4.74 Å². The molecule has 2 unspecified atom stereocenters. The molecule has 2 bridgehead atoms. The summed E-state index contributed by atoms with van der Waals surface area (Å²) in [5.74, 6) is 0.0450. The molecular weight excluding hydrogens is 646 g/mol. The monoisotopic (exact) mass is 693 g/mol. The summed E-state index contributed by atoms with van der Waals surface area (Å²) in [4.78, 5) is 19.6. The summed E-state index contributed by atoms with van der Waals surface area (Å²) in [7, 11) is -1.31. The van der Waals surface area contributed by atoms with E-state index in [4.69, 9.17) is 28.7 Å². The van der Waals surface area contributed by atoms with Crippen LogP contribution in [0.5, 0.6) is 5.88 Å². The van der Waals surface area contributed by atoms with Crippen LogP contribution in [-0.2, 0) is 25.7 Å². The van der Waals surface area contributed by atoms with Crippen LogP contribution in [0, 0.1) is 5.82 Å². The smallest absolute Gasteiger partial charge is 0.411 e. The molecule has 6 heterocycles. The van der Waals surface area contributed by atoms with Crippen molar-refractivity contribution in [2.24, 2.45) is 0 Å². The molecule has 4 aliphatic rings. The van der Waals surface area contributed by atoms with E-state index in [-0.39, 0.29) is 49.9 Å². The van der Waals surface area contributed by atoms with Gasteiger partial charge in [-0.05, 0) is 57.2 Å². The molecule has 1 N–H and O–H groups in total. The zero-order chi connectivity index (χ0) is 34.7. The van der Waals surface area contributed by atoms with Gasteiger partial charge in [0.25, 0.3) is 0 Å². The fourth-order valence-corrected chi connectivity index (χ4v) is 8.04.